The minimum Gasteiger partial charge on any atom is -0.384 e. The molecule has 2 N–H and O–H groups in total. The number of nitrogen functional groups attached to an aromatic ring is 1. The lowest BCUT2D eigenvalue weighted by Gasteiger charge is -2.20. The van der Waals surface area contributed by atoms with Crippen molar-refractivity contribution < 1.29 is 0 Å². The van der Waals surface area contributed by atoms with Crippen molar-refractivity contribution >= 4 is 5.82 Å². The molecule has 2 rings (SSSR count). The molecule has 0 aliphatic carbocycles. The highest BCUT2D eigenvalue weighted by atomic mass is 15.3. The van der Waals surface area contributed by atoms with E-state index in [2.05, 4.69) is 51.0 Å². The van der Waals surface area contributed by atoms with Crippen molar-refractivity contribution in [3.05, 3.63) is 34.9 Å². The lowest BCUT2D eigenvalue weighted by atomic mass is 9.85. The van der Waals surface area contributed by atoms with Crippen molar-refractivity contribution in [3.63, 3.8) is 0 Å². The fourth-order valence-electron chi connectivity index (χ4n) is 2.29. The van der Waals surface area contributed by atoms with Gasteiger partial charge in [0.25, 0.3) is 0 Å². The molecule has 0 unspecified atom stereocenters. The van der Waals surface area contributed by atoms with Gasteiger partial charge in [0.2, 0.25) is 0 Å². The molecule has 0 spiro atoms. The van der Waals surface area contributed by atoms with Crippen LogP contribution in [0.3, 0.4) is 0 Å². The summed E-state index contributed by atoms with van der Waals surface area (Å²) in [6.07, 6.45) is 0. The van der Waals surface area contributed by atoms with Crippen molar-refractivity contribution in [3.8, 4) is 11.3 Å². The SMILES string of the molecule is Cc1cc(C(C)(C)C)ccc1-c1nn(C)c(N)c1C. The number of rotatable bonds is 1. The Balaban J connectivity index is 2.55. The summed E-state index contributed by atoms with van der Waals surface area (Å²) < 4.78 is 1.74. The number of hydrogen-bond acceptors (Lipinski definition) is 2. The van der Waals surface area contributed by atoms with Gasteiger partial charge in [0.05, 0.1) is 5.69 Å². The second-order valence-electron chi connectivity index (χ2n) is 6.26. The average molecular weight is 257 g/mol. The maximum Gasteiger partial charge on any atom is 0.124 e. The van der Waals surface area contributed by atoms with Crippen LogP contribution in [0.2, 0.25) is 0 Å². The normalized spacial score (nSPS) is 11.9. The molecular weight excluding hydrogens is 234 g/mol. The number of aryl methyl sites for hydroxylation is 2. The van der Waals surface area contributed by atoms with Gasteiger partial charge in [0, 0.05) is 18.2 Å². The molecule has 2 aromatic rings. The van der Waals surface area contributed by atoms with Crippen LogP contribution in [-0.2, 0) is 12.5 Å². The third-order valence-corrected chi connectivity index (χ3v) is 3.69. The Bertz CT molecular complexity index is 616. The molecule has 0 amide bonds. The van der Waals surface area contributed by atoms with Crippen LogP contribution in [0.25, 0.3) is 11.3 Å². The molecule has 0 radical (unpaired) electrons. The number of benzene rings is 1. The lowest BCUT2D eigenvalue weighted by molar-refractivity contribution is 0.590. The zero-order valence-electron chi connectivity index (χ0n) is 12.7. The minimum atomic E-state index is 0.168. The number of hydrogen-bond donors (Lipinski definition) is 1. The molecule has 0 bridgehead atoms. The summed E-state index contributed by atoms with van der Waals surface area (Å²) in [6, 6.07) is 6.59. The van der Waals surface area contributed by atoms with Gasteiger partial charge in [0.15, 0.2) is 0 Å². The molecule has 0 fully saturated rings. The zero-order chi connectivity index (χ0) is 14.4. The Hall–Kier alpha value is -1.77. The van der Waals surface area contributed by atoms with Crippen LogP contribution in [0.5, 0.6) is 0 Å². The highest BCUT2D eigenvalue weighted by molar-refractivity contribution is 5.71. The van der Waals surface area contributed by atoms with Crippen LogP contribution in [-0.4, -0.2) is 9.78 Å². The summed E-state index contributed by atoms with van der Waals surface area (Å²) in [7, 11) is 1.88. The third-order valence-electron chi connectivity index (χ3n) is 3.69. The van der Waals surface area contributed by atoms with Gasteiger partial charge in [-0.25, -0.2) is 0 Å². The van der Waals surface area contributed by atoms with Crippen LogP contribution in [0.4, 0.5) is 5.82 Å². The summed E-state index contributed by atoms with van der Waals surface area (Å²) >= 11 is 0. The summed E-state index contributed by atoms with van der Waals surface area (Å²) in [4.78, 5) is 0. The van der Waals surface area contributed by atoms with Crippen molar-refractivity contribution in [2.24, 2.45) is 7.05 Å². The predicted molar refractivity (Wildman–Crippen MR) is 81.2 cm³/mol. The van der Waals surface area contributed by atoms with E-state index in [9.17, 15) is 0 Å². The molecule has 1 heterocycles. The van der Waals surface area contributed by atoms with Crippen molar-refractivity contribution in [1.29, 1.82) is 0 Å². The van der Waals surface area contributed by atoms with E-state index in [1.54, 1.807) is 4.68 Å². The standard InChI is InChI=1S/C16H23N3/c1-10-9-12(16(3,4)5)7-8-13(10)14-11(2)15(17)19(6)18-14/h7-9H,17H2,1-6H3. The average Bonchev–Trinajstić information content (AvgIpc) is 2.56. The Morgan fingerprint density at radius 3 is 2.21 bits per heavy atom. The molecule has 1 aromatic heterocycles. The first kappa shape index (κ1) is 13.7. The largest absolute Gasteiger partial charge is 0.384 e. The molecule has 0 saturated carbocycles. The van der Waals surface area contributed by atoms with Crippen molar-refractivity contribution in [2.45, 2.75) is 40.0 Å². The highest BCUT2D eigenvalue weighted by Gasteiger charge is 2.17. The summed E-state index contributed by atoms with van der Waals surface area (Å²) in [6.45, 7) is 10.8. The summed E-state index contributed by atoms with van der Waals surface area (Å²) in [5.41, 5.74) is 11.9. The van der Waals surface area contributed by atoms with E-state index >= 15 is 0 Å². The number of aromatic nitrogens is 2. The van der Waals surface area contributed by atoms with E-state index in [1.165, 1.54) is 11.1 Å². The zero-order valence-corrected chi connectivity index (χ0v) is 12.7. The number of nitrogens with two attached hydrogens (primary N) is 1. The lowest BCUT2D eigenvalue weighted by Crippen LogP contribution is -2.11. The molecule has 0 aliphatic heterocycles. The molecule has 0 atom stereocenters. The summed E-state index contributed by atoms with van der Waals surface area (Å²) in [5, 5.41) is 4.52. The minimum absolute atomic E-state index is 0.168. The highest BCUT2D eigenvalue weighted by Crippen LogP contribution is 2.31. The van der Waals surface area contributed by atoms with Crippen LogP contribution in [0.15, 0.2) is 18.2 Å². The second kappa shape index (κ2) is 4.41. The molecular formula is C16H23N3. The molecule has 19 heavy (non-hydrogen) atoms. The van der Waals surface area contributed by atoms with Crippen molar-refractivity contribution in [1.82, 2.24) is 9.78 Å². The second-order valence-corrected chi connectivity index (χ2v) is 6.26. The van der Waals surface area contributed by atoms with E-state index in [0.717, 1.165) is 22.6 Å². The predicted octanol–water partition coefficient (Wildman–Crippen LogP) is 3.58. The topological polar surface area (TPSA) is 43.8 Å². The van der Waals surface area contributed by atoms with Gasteiger partial charge in [-0.05, 0) is 30.4 Å². The van der Waals surface area contributed by atoms with Gasteiger partial charge in [-0.15, -0.1) is 0 Å². The molecule has 102 valence electrons. The molecule has 0 aliphatic rings. The van der Waals surface area contributed by atoms with E-state index in [-0.39, 0.29) is 5.41 Å². The molecule has 3 nitrogen and oxygen atoms in total. The van der Waals surface area contributed by atoms with E-state index < -0.39 is 0 Å². The first-order valence-corrected chi connectivity index (χ1v) is 6.62. The maximum absolute atomic E-state index is 5.99. The molecule has 3 heteroatoms. The van der Waals surface area contributed by atoms with Gasteiger partial charge >= 0.3 is 0 Å². The van der Waals surface area contributed by atoms with Crippen LogP contribution in [0.1, 0.15) is 37.5 Å². The first-order valence-electron chi connectivity index (χ1n) is 6.62. The fraction of sp³-hybridized carbons (Fsp3) is 0.438. The third kappa shape index (κ3) is 2.37. The molecule has 0 saturated heterocycles. The van der Waals surface area contributed by atoms with Gasteiger partial charge in [-0.3, -0.25) is 4.68 Å². The fourth-order valence-corrected chi connectivity index (χ4v) is 2.29. The first-order chi connectivity index (χ1) is 8.71. The van der Waals surface area contributed by atoms with Gasteiger partial charge in [-0.2, -0.15) is 5.10 Å². The number of anilines is 1. The Kier molecular flexibility index (Phi) is 3.17. The van der Waals surface area contributed by atoms with E-state index in [4.69, 9.17) is 5.73 Å². The monoisotopic (exact) mass is 257 g/mol. The quantitative estimate of drug-likeness (QED) is 0.848. The Morgan fingerprint density at radius 1 is 1.16 bits per heavy atom. The van der Waals surface area contributed by atoms with Crippen LogP contribution < -0.4 is 5.73 Å². The summed E-state index contributed by atoms with van der Waals surface area (Å²) in [5.74, 6) is 0.731. The van der Waals surface area contributed by atoms with Crippen LogP contribution in [0, 0.1) is 13.8 Å². The number of nitrogens with zero attached hydrogens (tertiary/aromatic N) is 2. The van der Waals surface area contributed by atoms with Gasteiger partial charge < -0.3 is 5.73 Å². The van der Waals surface area contributed by atoms with Gasteiger partial charge in [-0.1, -0.05) is 39.0 Å². The Labute approximate surface area is 115 Å². The van der Waals surface area contributed by atoms with Crippen molar-refractivity contribution in [2.75, 3.05) is 5.73 Å². The van der Waals surface area contributed by atoms with E-state index in [1.807, 2.05) is 14.0 Å². The van der Waals surface area contributed by atoms with Crippen LogP contribution >= 0.6 is 0 Å². The van der Waals surface area contributed by atoms with Gasteiger partial charge in [0.1, 0.15) is 5.82 Å². The maximum atomic E-state index is 5.99. The van der Waals surface area contributed by atoms with E-state index in [0.29, 0.717) is 0 Å². The smallest absolute Gasteiger partial charge is 0.124 e. The Morgan fingerprint density at radius 2 is 1.79 bits per heavy atom. The molecule has 1 aromatic carbocycles.